The number of nitrogens with zero attached hydrogens (tertiary/aromatic N) is 2. The molecule has 0 fully saturated rings. The molecule has 1 aromatic heterocycles. The molecular formula is C12H24ClN2O3PS2. The van der Waals surface area contributed by atoms with Crippen molar-refractivity contribution >= 4 is 44.4 Å². The number of aromatic nitrogens is 2. The van der Waals surface area contributed by atoms with Crippen LogP contribution in [0.1, 0.15) is 45.1 Å². The SMILES string of the molecule is CCOP(=S)(OCC)Oc1cc(C)nc(C(C)C)n1.Cl.S. The van der Waals surface area contributed by atoms with E-state index in [-0.39, 0.29) is 31.8 Å². The van der Waals surface area contributed by atoms with Gasteiger partial charge in [0.2, 0.25) is 5.88 Å². The molecule has 1 aromatic rings. The van der Waals surface area contributed by atoms with Crippen molar-refractivity contribution in [1.29, 1.82) is 0 Å². The van der Waals surface area contributed by atoms with Gasteiger partial charge in [0.15, 0.2) is 0 Å². The van der Waals surface area contributed by atoms with Crippen LogP contribution in [0.25, 0.3) is 0 Å². The third-order valence-corrected chi connectivity index (χ3v) is 4.56. The second-order valence-corrected chi connectivity index (χ2v) is 7.17. The molecule has 0 aliphatic rings. The third-order valence-electron chi connectivity index (χ3n) is 2.14. The van der Waals surface area contributed by atoms with Crippen LogP contribution >= 0.6 is 32.6 Å². The van der Waals surface area contributed by atoms with E-state index in [1.54, 1.807) is 6.07 Å². The van der Waals surface area contributed by atoms with Crippen LogP contribution in [0.4, 0.5) is 0 Å². The minimum atomic E-state index is -2.77. The Morgan fingerprint density at radius 1 is 1.19 bits per heavy atom. The fraction of sp³-hybridized carbons (Fsp3) is 0.667. The fourth-order valence-electron chi connectivity index (χ4n) is 1.39. The van der Waals surface area contributed by atoms with Crippen LogP contribution < -0.4 is 4.52 Å². The minimum absolute atomic E-state index is 0. The summed E-state index contributed by atoms with van der Waals surface area (Å²) >= 11 is 5.32. The highest BCUT2D eigenvalue weighted by molar-refractivity contribution is 8.07. The number of halogens is 1. The second kappa shape index (κ2) is 10.8. The first kappa shape index (κ1) is 23.4. The van der Waals surface area contributed by atoms with Gasteiger partial charge in [-0.3, -0.25) is 9.05 Å². The maximum Gasteiger partial charge on any atom is 0.381 e. The molecule has 0 spiro atoms. The molecule has 0 aliphatic carbocycles. The van der Waals surface area contributed by atoms with Crippen molar-refractivity contribution in [3.63, 3.8) is 0 Å². The highest BCUT2D eigenvalue weighted by Crippen LogP contribution is 2.49. The Hall–Kier alpha value is 0.0900. The van der Waals surface area contributed by atoms with Crippen LogP contribution in [0.15, 0.2) is 6.07 Å². The van der Waals surface area contributed by atoms with E-state index in [1.165, 1.54) is 0 Å². The minimum Gasteiger partial charge on any atom is -0.406 e. The number of rotatable bonds is 7. The molecule has 21 heavy (non-hydrogen) atoms. The van der Waals surface area contributed by atoms with Crippen molar-refractivity contribution in [2.45, 2.75) is 40.5 Å². The predicted molar refractivity (Wildman–Crippen MR) is 96.7 cm³/mol. The van der Waals surface area contributed by atoms with Gasteiger partial charge >= 0.3 is 6.72 Å². The lowest BCUT2D eigenvalue weighted by atomic mass is 10.2. The quantitative estimate of drug-likeness (QED) is 0.669. The van der Waals surface area contributed by atoms with Gasteiger partial charge in [-0.15, -0.1) is 12.4 Å². The molecule has 0 atom stereocenters. The molecular weight excluding hydrogens is 351 g/mol. The number of hydrogen-bond donors (Lipinski definition) is 0. The molecule has 0 radical (unpaired) electrons. The standard InChI is InChI=1S/C12H21N2O3PS.ClH.H2S/c1-6-15-18(19,16-7-2)17-11-8-10(5)13-12(14-11)9(3)4;;/h8-9H,6-7H2,1-5H3;1H;1H2. The van der Waals surface area contributed by atoms with E-state index in [0.29, 0.717) is 19.1 Å². The Bertz CT molecular complexity index is 468. The van der Waals surface area contributed by atoms with Gasteiger partial charge < -0.3 is 4.52 Å². The van der Waals surface area contributed by atoms with Gasteiger partial charge in [0, 0.05) is 29.5 Å². The molecule has 0 unspecified atom stereocenters. The zero-order valence-corrected chi connectivity index (χ0v) is 16.5. The summed E-state index contributed by atoms with van der Waals surface area (Å²) in [5.74, 6) is 1.37. The van der Waals surface area contributed by atoms with Crippen LogP contribution in [0.2, 0.25) is 0 Å². The molecule has 0 aromatic carbocycles. The Kier molecular flexibility index (Phi) is 12.0. The maximum absolute atomic E-state index is 5.68. The van der Waals surface area contributed by atoms with Crippen molar-refractivity contribution < 1.29 is 13.6 Å². The van der Waals surface area contributed by atoms with Gasteiger partial charge in [-0.1, -0.05) is 13.8 Å². The Morgan fingerprint density at radius 2 is 1.71 bits per heavy atom. The molecule has 9 heteroatoms. The van der Waals surface area contributed by atoms with E-state index in [4.69, 9.17) is 25.4 Å². The van der Waals surface area contributed by atoms with Gasteiger partial charge in [-0.25, -0.2) is 4.98 Å². The van der Waals surface area contributed by atoms with Crippen molar-refractivity contribution in [2.24, 2.45) is 0 Å². The van der Waals surface area contributed by atoms with E-state index in [0.717, 1.165) is 11.5 Å². The summed E-state index contributed by atoms with van der Waals surface area (Å²) in [7, 11) is 0. The summed E-state index contributed by atoms with van der Waals surface area (Å²) in [6.45, 7) is 7.78. The summed E-state index contributed by atoms with van der Waals surface area (Å²) < 4.78 is 16.6. The molecule has 124 valence electrons. The summed E-state index contributed by atoms with van der Waals surface area (Å²) in [6.07, 6.45) is 0. The largest absolute Gasteiger partial charge is 0.406 e. The molecule has 0 aliphatic heterocycles. The van der Waals surface area contributed by atoms with Gasteiger partial charge in [-0.05, 0) is 20.8 Å². The smallest absolute Gasteiger partial charge is 0.381 e. The average molecular weight is 375 g/mol. The predicted octanol–water partition coefficient (Wildman–Crippen LogP) is 4.12. The normalized spacial score (nSPS) is 10.8. The highest BCUT2D eigenvalue weighted by Gasteiger charge is 2.22. The summed E-state index contributed by atoms with van der Waals surface area (Å²) in [5, 5.41) is 0. The first-order chi connectivity index (χ1) is 8.90. The lowest BCUT2D eigenvalue weighted by Crippen LogP contribution is -2.06. The molecule has 1 heterocycles. The average Bonchev–Trinajstić information content (AvgIpc) is 2.28. The van der Waals surface area contributed by atoms with E-state index in [2.05, 4.69) is 9.97 Å². The fourth-order valence-corrected chi connectivity index (χ4v) is 3.38. The molecule has 0 bridgehead atoms. The van der Waals surface area contributed by atoms with Crippen LogP contribution in [-0.4, -0.2) is 23.2 Å². The van der Waals surface area contributed by atoms with E-state index in [1.807, 2.05) is 34.6 Å². The maximum atomic E-state index is 5.68. The van der Waals surface area contributed by atoms with Gasteiger partial charge in [-0.2, -0.15) is 18.5 Å². The van der Waals surface area contributed by atoms with E-state index >= 15 is 0 Å². The monoisotopic (exact) mass is 374 g/mol. The Balaban J connectivity index is 0. The number of hydrogen-bond acceptors (Lipinski definition) is 6. The van der Waals surface area contributed by atoms with Gasteiger partial charge in [0.1, 0.15) is 5.82 Å². The van der Waals surface area contributed by atoms with Crippen molar-refractivity contribution in [3.8, 4) is 5.88 Å². The molecule has 0 saturated carbocycles. The van der Waals surface area contributed by atoms with Crippen LogP contribution in [0.3, 0.4) is 0 Å². The van der Waals surface area contributed by atoms with Crippen molar-refractivity contribution in [2.75, 3.05) is 13.2 Å². The molecule has 0 saturated heterocycles. The topological polar surface area (TPSA) is 53.5 Å². The van der Waals surface area contributed by atoms with Gasteiger partial charge in [0.05, 0.1) is 13.2 Å². The Labute approximate surface area is 145 Å². The van der Waals surface area contributed by atoms with E-state index in [9.17, 15) is 0 Å². The summed E-state index contributed by atoms with van der Waals surface area (Å²) in [5.41, 5.74) is 0.836. The zero-order chi connectivity index (χ0) is 14.5. The first-order valence-corrected chi connectivity index (χ1v) is 8.90. The Morgan fingerprint density at radius 3 is 2.14 bits per heavy atom. The van der Waals surface area contributed by atoms with Crippen molar-refractivity contribution in [3.05, 3.63) is 17.6 Å². The van der Waals surface area contributed by atoms with Crippen LogP contribution in [0.5, 0.6) is 5.88 Å². The second-order valence-electron chi connectivity index (χ2n) is 4.23. The van der Waals surface area contributed by atoms with Crippen LogP contribution in [0, 0.1) is 6.92 Å². The molecule has 1 rings (SSSR count). The van der Waals surface area contributed by atoms with Crippen LogP contribution in [-0.2, 0) is 20.9 Å². The molecule has 5 nitrogen and oxygen atoms in total. The molecule has 0 N–H and O–H groups in total. The highest BCUT2D eigenvalue weighted by atomic mass is 35.5. The van der Waals surface area contributed by atoms with E-state index < -0.39 is 6.72 Å². The lowest BCUT2D eigenvalue weighted by molar-refractivity contribution is 0.215. The summed E-state index contributed by atoms with van der Waals surface area (Å²) in [6, 6.07) is 1.74. The first-order valence-electron chi connectivity index (χ1n) is 6.34. The summed E-state index contributed by atoms with van der Waals surface area (Å²) in [4.78, 5) is 8.71. The van der Waals surface area contributed by atoms with Crippen molar-refractivity contribution in [1.82, 2.24) is 9.97 Å². The number of aryl methyl sites for hydroxylation is 1. The third kappa shape index (κ3) is 7.77. The van der Waals surface area contributed by atoms with Gasteiger partial charge in [0.25, 0.3) is 0 Å². The molecule has 0 amide bonds. The zero-order valence-electron chi connectivity index (χ0n) is 13.0. The lowest BCUT2D eigenvalue weighted by Gasteiger charge is -2.20.